The van der Waals surface area contributed by atoms with Crippen LogP contribution in [-0.2, 0) is 9.53 Å². The van der Waals surface area contributed by atoms with E-state index in [1.54, 1.807) is 0 Å². The van der Waals surface area contributed by atoms with Crippen LogP contribution in [0.5, 0.6) is 5.75 Å². The molecule has 2 saturated heterocycles. The Hall–Kier alpha value is -1.59. The van der Waals surface area contributed by atoms with Gasteiger partial charge in [0.1, 0.15) is 12.4 Å². The molecular formula is C20H30N2O3. The van der Waals surface area contributed by atoms with Gasteiger partial charge in [-0.2, -0.15) is 0 Å². The average molecular weight is 346 g/mol. The van der Waals surface area contributed by atoms with E-state index in [1.807, 2.05) is 25.1 Å². The Morgan fingerprint density at radius 1 is 1.32 bits per heavy atom. The van der Waals surface area contributed by atoms with E-state index in [-0.39, 0.29) is 12.0 Å². The molecule has 2 fully saturated rings. The van der Waals surface area contributed by atoms with Crippen molar-refractivity contribution in [3.8, 4) is 5.75 Å². The maximum absolute atomic E-state index is 12.3. The van der Waals surface area contributed by atoms with Gasteiger partial charge in [0.15, 0.2) is 0 Å². The van der Waals surface area contributed by atoms with E-state index in [9.17, 15) is 4.79 Å². The summed E-state index contributed by atoms with van der Waals surface area (Å²) in [5.74, 6) is 1.48. The Bertz CT molecular complexity index is 564. The number of rotatable bonds is 7. The summed E-state index contributed by atoms with van der Waals surface area (Å²) in [7, 11) is 0. The summed E-state index contributed by atoms with van der Waals surface area (Å²) in [6.45, 7) is 5.54. The molecule has 1 aromatic carbocycles. The minimum absolute atomic E-state index is 0.0735. The number of aryl methyl sites for hydroxylation is 1. The molecule has 2 aliphatic rings. The number of hydrogen-bond acceptors (Lipinski definition) is 4. The molecule has 5 heteroatoms. The molecular weight excluding hydrogens is 316 g/mol. The Morgan fingerprint density at radius 2 is 2.16 bits per heavy atom. The fourth-order valence-corrected chi connectivity index (χ4v) is 3.53. The van der Waals surface area contributed by atoms with Crippen molar-refractivity contribution in [2.24, 2.45) is 5.92 Å². The number of carbonyl (C=O) groups excluding carboxylic acids is 1. The SMILES string of the molecule is Cc1ccc(NC(=O)CCC2CCNCC2)c(OCC2CCCO2)c1. The summed E-state index contributed by atoms with van der Waals surface area (Å²) in [5.41, 5.74) is 1.88. The first-order valence-electron chi connectivity index (χ1n) is 9.56. The van der Waals surface area contributed by atoms with Crippen molar-refractivity contribution in [2.75, 3.05) is 31.6 Å². The van der Waals surface area contributed by atoms with Crippen LogP contribution in [0, 0.1) is 12.8 Å². The second kappa shape index (κ2) is 9.20. The third-order valence-corrected chi connectivity index (χ3v) is 5.10. The van der Waals surface area contributed by atoms with Crippen LogP contribution in [0.4, 0.5) is 5.69 Å². The number of benzene rings is 1. The quantitative estimate of drug-likeness (QED) is 0.795. The molecule has 0 saturated carbocycles. The third kappa shape index (κ3) is 5.72. The molecule has 0 aliphatic carbocycles. The predicted molar refractivity (Wildman–Crippen MR) is 99.1 cm³/mol. The first-order chi connectivity index (χ1) is 12.2. The van der Waals surface area contributed by atoms with Gasteiger partial charge in [-0.25, -0.2) is 0 Å². The minimum Gasteiger partial charge on any atom is -0.489 e. The molecule has 0 spiro atoms. The fourth-order valence-electron chi connectivity index (χ4n) is 3.53. The van der Waals surface area contributed by atoms with Crippen LogP contribution in [0.25, 0.3) is 0 Å². The smallest absolute Gasteiger partial charge is 0.224 e. The Morgan fingerprint density at radius 3 is 2.92 bits per heavy atom. The molecule has 1 aromatic rings. The van der Waals surface area contributed by atoms with E-state index < -0.39 is 0 Å². The van der Waals surface area contributed by atoms with Crippen LogP contribution in [0.3, 0.4) is 0 Å². The van der Waals surface area contributed by atoms with Crippen LogP contribution < -0.4 is 15.4 Å². The number of carbonyl (C=O) groups is 1. The highest BCUT2D eigenvalue weighted by molar-refractivity contribution is 5.92. The van der Waals surface area contributed by atoms with Gasteiger partial charge in [-0.3, -0.25) is 4.79 Å². The molecule has 1 amide bonds. The summed E-state index contributed by atoms with van der Waals surface area (Å²) >= 11 is 0. The van der Waals surface area contributed by atoms with Gasteiger partial charge in [0.2, 0.25) is 5.91 Å². The van der Waals surface area contributed by atoms with Crippen LogP contribution >= 0.6 is 0 Å². The maximum atomic E-state index is 12.3. The Labute approximate surface area is 150 Å². The topological polar surface area (TPSA) is 59.6 Å². The molecule has 3 rings (SSSR count). The van der Waals surface area contributed by atoms with Gasteiger partial charge in [-0.15, -0.1) is 0 Å². The van der Waals surface area contributed by atoms with Crippen LogP contribution in [0.1, 0.15) is 44.1 Å². The van der Waals surface area contributed by atoms with Gasteiger partial charge in [0.05, 0.1) is 11.8 Å². The molecule has 138 valence electrons. The molecule has 1 atom stereocenters. The summed E-state index contributed by atoms with van der Waals surface area (Å²) in [5, 5.41) is 6.40. The normalized spacial score (nSPS) is 21.2. The molecule has 0 bridgehead atoms. The van der Waals surface area contributed by atoms with Gasteiger partial charge in [-0.05, 0) is 75.7 Å². The zero-order valence-corrected chi connectivity index (χ0v) is 15.2. The third-order valence-electron chi connectivity index (χ3n) is 5.10. The first kappa shape index (κ1) is 18.2. The summed E-state index contributed by atoms with van der Waals surface area (Å²) in [6.07, 6.45) is 6.20. The van der Waals surface area contributed by atoms with Gasteiger partial charge in [0.25, 0.3) is 0 Å². The van der Waals surface area contributed by atoms with Gasteiger partial charge >= 0.3 is 0 Å². The fraction of sp³-hybridized carbons (Fsp3) is 0.650. The lowest BCUT2D eigenvalue weighted by Crippen LogP contribution is -2.28. The van der Waals surface area contributed by atoms with E-state index >= 15 is 0 Å². The zero-order chi connectivity index (χ0) is 17.5. The lowest BCUT2D eigenvalue weighted by molar-refractivity contribution is -0.116. The maximum Gasteiger partial charge on any atom is 0.224 e. The van der Waals surface area contributed by atoms with Gasteiger partial charge in [-0.1, -0.05) is 6.07 Å². The van der Waals surface area contributed by atoms with Crippen molar-refractivity contribution in [3.63, 3.8) is 0 Å². The van der Waals surface area contributed by atoms with E-state index in [2.05, 4.69) is 10.6 Å². The highest BCUT2D eigenvalue weighted by Gasteiger charge is 2.18. The number of amides is 1. The van der Waals surface area contributed by atoms with E-state index in [1.165, 1.54) is 12.8 Å². The second-order valence-corrected chi connectivity index (χ2v) is 7.23. The largest absolute Gasteiger partial charge is 0.489 e. The molecule has 2 heterocycles. The summed E-state index contributed by atoms with van der Waals surface area (Å²) < 4.78 is 11.6. The average Bonchev–Trinajstić information content (AvgIpc) is 3.14. The zero-order valence-electron chi connectivity index (χ0n) is 15.2. The van der Waals surface area contributed by atoms with E-state index in [0.29, 0.717) is 18.9 Å². The standard InChI is InChI=1S/C20H30N2O3/c1-15-4-6-18(19(13-15)25-14-17-3-2-12-24-17)22-20(23)7-5-16-8-10-21-11-9-16/h4,6,13,16-17,21H,2-3,5,7-12,14H2,1H3,(H,22,23). The molecule has 5 nitrogen and oxygen atoms in total. The second-order valence-electron chi connectivity index (χ2n) is 7.23. The van der Waals surface area contributed by atoms with Crippen molar-refractivity contribution < 1.29 is 14.3 Å². The molecule has 1 unspecified atom stereocenters. The predicted octanol–water partition coefficient (Wildman–Crippen LogP) is 3.27. The number of ether oxygens (including phenoxy) is 2. The number of hydrogen-bond donors (Lipinski definition) is 2. The highest BCUT2D eigenvalue weighted by atomic mass is 16.5. The molecule has 2 N–H and O–H groups in total. The van der Waals surface area contributed by atoms with Crippen LogP contribution in [0.2, 0.25) is 0 Å². The summed E-state index contributed by atoms with van der Waals surface area (Å²) in [4.78, 5) is 12.3. The number of piperidine rings is 1. The van der Waals surface area contributed by atoms with Crippen molar-refractivity contribution in [1.29, 1.82) is 0 Å². The van der Waals surface area contributed by atoms with E-state index in [4.69, 9.17) is 9.47 Å². The monoisotopic (exact) mass is 346 g/mol. The van der Waals surface area contributed by atoms with Crippen LogP contribution in [0.15, 0.2) is 18.2 Å². The molecule has 25 heavy (non-hydrogen) atoms. The summed E-state index contributed by atoms with van der Waals surface area (Å²) in [6, 6.07) is 5.92. The van der Waals surface area contributed by atoms with Crippen molar-refractivity contribution in [2.45, 2.75) is 51.6 Å². The van der Waals surface area contributed by atoms with Crippen molar-refractivity contribution in [3.05, 3.63) is 23.8 Å². The van der Waals surface area contributed by atoms with Crippen LogP contribution in [-0.4, -0.2) is 38.3 Å². The minimum atomic E-state index is 0.0735. The first-order valence-corrected chi connectivity index (χ1v) is 9.56. The molecule has 0 radical (unpaired) electrons. The molecule has 0 aromatic heterocycles. The number of nitrogens with one attached hydrogen (secondary N) is 2. The van der Waals surface area contributed by atoms with Gasteiger partial charge < -0.3 is 20.1 Å². The lowest BCUT2D eigenvalue weighted by atomic mass is 9.93. The van der Waals surface area contributed by atoms with Gasteiger partial charge in [0, 0.05) is 13.0 Å². The molecule has 2 aliphatic heterocycles. The van der Waals surface area contributed by atoms with Crippen molar-refractivity contribution >= 4 is 11.6 Å². The Balaban J connectivity index is 1.52. The van der Waals surface area contributed by atoms with Crippen molar-refractivity contribution in [1.82, 2.24) is 5.32 Å². The highest BCUT2D eigenvalue weighted by Crippen LogP contribution is 2.27. The van der Waals surface area contributed by atoms with E-state index in [0.717, 1.165) is 56.0 Å². The lowest BCUT2D eigenvalue weighted by Gasteiger charge is -2.22. The number of anilines is 1. The Kier molecular flexibility index (Phi) is 6.70.